The van der Waals surface area contributed by atoms with Gasteiger partial charge in [0.25, 0.3) is 11.5 Å². The lowest BCUT2D eigenvalue weighted by atomic mass is 10.1. The molecule has 2 aromatic rings. The molecule has 0 aliphatic heterocycles. The molecular formula is C16H19N3O2. The first kappa shape index (κ1) is 14.8. The van der Waals surface area contributed by atoms with E-state index in [0.29, 0.717) is 11.1 Å². The largest absolute Gasteiger partial charge is 0.378 e. The first-order chi connectivity index (χ1) is 9.99. The number of rotatable bonds is 4. The van der Waals surface area contributed by atoms with E-state index in [-0.39, 0.29) is 18.0 Å². The average Bonchev–Trinajstić information content (AvgIpc) is 2.48. The fraction of sp³-hybridized carbons (Fsp3) is 0.250. The van der Waals surface area contributed by atoms with Gasteiger partial charge in [0.05, 0.1) is 0 Å². The van der Waals surface area contributed by atoms with Gasteiger partial charge >= 0.3 is 0 Å². The molecule has 0 fully saturated rings. The number of hydrogen-bond acceptors (Lipinski definition) is 3. The maximum Gasteiger partial charge on any atom is 0.255 e. The molecule has 0 saturated heterocycles. The fourth-order valence-corrected chi connectivity index (χ4v) is 1.99. The van der Waals surface area contributed by atoms with Gasteiger partial charge in [-0.25, -0.2) is 0 Å². The molecule has 1 aromatic carbocycles. The Morgan fingerprint density at radius 1 is 1.24 bits per heavy atom. The van der Waals surface area contributed by atoms with E-state index >= 15 is 0 Å². The number of nitrogens with one attached hydrogen (secondary N) is 1. The maximum absolute atomic E-state index is 12.2. The molecular weight excluding hydrogens is 266 g/mol. The number of carbonyl (C=O) groups excluding carboxylic acids is 1. The highest BCUT2D eigenvalue weighted by atomic mass is 16.2. The summed E-state index contributed by atoms with van der Waals surface area (Å²) in [5, 5.41) is 2.78. The summed E-state index contributed by atoms with van der Waals surface area (Å²) < 4.78 is 1.49. The highest BCUT2D eigenvalue weighted by molar-refractivity contribution is 5.95. The van der Waals surface area contributed by atoms with Crippen LogP contribution in [0.3, 0.4) is 0 Å². The van der Waals surface area contributed by atoms with Crippen LogP contribution in [0.1, 0.15) is 15.9 Å². The number of anilines is 1. The van der Waals surface area contributed by atoms with Crippen molar-refractivity contribution < 1.29 is 4.79 Å². The summed E-state index contributed by atoms with van der Waals surface area (Å²) in [6.07, 6.45) is 1.69. The number of carbonyl (C=O) groups is 1. The standard InChI is InChI=1S/C16H19N3O2/c1-18(2)14-8-4-6-12(10-14)15(20)17-11-13-7-5-9-19(3)16(13)21/h4-10H,11H2,1-3H3,(H,17,20). The van der Waals surface area contributed by atoms with Crippen molar-refractivity contribution in [1.29, 1.82) is 0 Å². The van der Waals surface area contributed by atoms with Crippen LogP contribution in [0.2, 0.25) is 0 Å². The molecule has 5 heteroatoms. The second kappa shape index (κ2) is 6.26. The van der Waals surface area contributed by atoms with E-state index in [1.807, 2.05) is 37.2 Å². The van der Waals surface area contributed by atoms with Gasteiger partial charge in [0, 0.05) is 50.7 Å². The Balaban J connectivity index is 2.10. The van der Waals surface area contributed by atoms with Crippen LogP contribution < -0.4 is 15.8 Å². The molecule has 21 heavy (non-hydrogen) atoms. The number of aryl methyl sites for hydroxylation is 1. The minimum absolute atomic E-state index is 0.0974. The second-order valence-electron chi connectivity index (χ2n) is 5.08. The first-order valence-corrected chi connectivity index (χ1v) is 6.69. The number of nitrogens with zero attached hydrogens (tertiary/aromatic N) is 2. The van der Waals surface area contributed by atoms with Crippen LogP contribution in [-0.2, 0) is 13.6 Å². The van der Waals surface area contributed by atoms with E-state index in [1.54, 1.807) is 31.4 Å². The molecule has 1 aromatic heterocycles. The third-order valence-corrected chi connectivity index (χ3v) is 3.27. The molecule has 0 spiro atoms. The smallest absolute Gasteiger partial charge is 0.255 e. The van der Waals surface area contributed by atoms with Crippen molar-refractivity contribution in [3.63, 3.8) is 0 Å². The van der Waals surface area contributed by atoms with Gasteiger partial charge in [-0.05, 0) is 24.3 Å². The zero-order valence-corrected chi connectivity index (χ0v) is 12.5. The number of hydrogen-bond donors (Lipinski definition) is 1. The number of aromatic nitrogens is 1. The minimum atomic E-state index is -0.190. The Labute approximate surface area is 123 Å². The highest BCUT2D eigenvalue weighted by Crippen LogP contribution is 2.13. The van der Waals surface area contributed by atoms with Crippen molar-refractivity contribution >= 4 is 11.6 Å². The SMILES string of the molecule is CN(C)c1cccc(C(=O)NCc2cccn(C)c2=O)c1. The van der Waals surface area contributed by atoms with Crippen molar-refractivity contribution in [2.75, 3.05) is 19.0 Å². The second-order valence-corrected chi connectivity index (χ2v) is 5.08. The van der Waals surface area contributed by atoms with E-state index in [1.165, 1.54) is 4.57 Å². The molecule has 1 amide bonds. The quantitative estimate of drug-likeness (QED) is 0.923. The van der Waals surface area contributed by atoms with Gasteiger partial charge in [0.2, 0.25) is 0 Å². The molecule has 0 aliphatic rings. The Morgan fingerprint density at radius 3 is 2.71 bits per heavy atom. The summed E-state index contributed by atoms with van der Waals surface area (Å²) >= 11 is 0. The van der Waals surface area contributed by atoms with Crippen LogP contribution in [0.5, 0.6) is 0 Å². The lowest BCUT2D eigenvalue weighted by Gasteiger charge is -2.13. The predicted octanol–water partition coefficient (Wildman–Crippen LogP) is 1.38. The van der Waals surface area contributed by atoms with Gasteiger partial charge in [-0.2, -0.15) is 0 Å². The topological polar surface area (TPSA) is 54.3 Å². The van der Waals surface area contributed by atoms with Crippen molar-refractivity contribution in [1.82, 2.24) is 9.88 Å². The number of pyridine rings is 1. The van der Waals surface area contributed by atoms with Crippen molar-refractivity contribution in [2.45, 2.75) is 6.54 Å². The monoisotopic (exact) mass is 285 g/mol. The van der Waals surface area contributed by atoms with Crippen LogP contribution in [0, 0.1) is 0 Å². The lowest BCUT2D eigenvalue weighted by Crippen LogP contribution is -2.28. The first-order valence-electron chi connectivity index (χ1n) is 6.69. The maximum atomic E-state index is 12.2. The molecule has 2 rings (SSSR count). The summed E-state index contributed by atoms with van der Waals surface area (Å²) in [6.45, 7) is 0.221. The van der Waals surface area contributed by atoms with Crippen LogP contribution >= 0.6 is 0 Å². The molecule has 0 saturated carbocycles. The van der Waals surface area contributed by atoms with Gasteiger partial charge < -0.3 is 14.8 Å². The molecule has 0 unspecified atom stereocenters. The molecule has 1 N–H and O–H groups in total. The Morgan fingerprint density at radius 2 is 2.00 bits per heavy atom. The van der Waals surface area contributed by atoms with Crippen molar-refractivity contribution in [2.24, 2.45) is 7.05 Å². The Bertz CT molecular complexity index is 705. The van der Waals surface area contributed by atoms with Gasteiger partial charge in [-0.15, -0.1) is 0 Å². The summed E-state index contributed by atoms with van der Waals surface area (Å²) in [6, 6.07) is 10.9. The molecule has 0 radical (unpaired) electrons. The molecule has 110 valence electrons. The zero-order chi connectivity index (χ0) is 15.4. The van der Waals surface area contributed by atoms with E-state index in [0.717, 1.165) is 5.69 Å². The molecule has 0 bridgehead atoms. The van der Waals surface area contributed by atoms with Gasteiger partial charge in [0.1, 0.15) is 0 Å². The summed E-state index contributed by atoms with van der Waals surface area (Å²) in [5.74, 6) is -0.190. The predicted molar refractivity (Wildman–Crippen MR) is 83.6 cm³/mol. The summed E-state index contributed by atoms with van der Waals surface area (Å²) in [5.41, 5.74) is 2.00. The number of amides is 1. The van der Waals surface area contributed by atoms with Crippen LogP contribution in [0.4, 0.5) is 5.69 Å². The lowest BCUT2D eigenvalue weighted by molar-refractivity contribution is 0.0951. The van der Waals surface area contributed by atoms with Gasteiger partial charge in [0.15, 0.2) is 0 Å². The highest BCUT2D eigenvalue weighted by Gasteiger charge is 2.08. The third-order valence-electron chi connectivity index (χ3n) is 3.27. The Kier molecular flexibility index (Phi) is 4.42. The number of benzene rings is 1. The molecule has 5 nitrogen and oxygen atoms in total. The average molecular weight is 285 g/mol. The molecule has 1 heterocycles. The van der Waals surface area contributed by atoms with Crippen LogP contribution in [-0.4, -0.2) is 24.6 Å². The van der Waals surface area contributed by atoms with E-state index in [4.69, 9.17) is 0 Å². The third kappa shape index (κ3) is 3.51. The van der Waals surface area contributed by atoms with Gasteiger partial charge in [-0.3, -0.25) is 9.59 Å². The Hall–Kier alpha value is -2.56. The van der Waals surface area contributed by atoms with E-state index < -0.39 is 0 Å². The van der Waals surface area contributed by atoms with E-state index in [2.05, 4.69) is 5.32 Å². The van der Waals surface area contributed by atoms with E-state index in [9.17, 15) is 9.59 Å². The molecule has 0 atom stereocenters. The van der Waals surface area contributed by atoms with Crippen LogP contribution in [0.25, 0.3) is 0 Å². The van der Waals surface area contributed by atoms with Crippen molar-refractivity contribution in [3.05, 3.63) is 64.1 Å². The van der Waals surface area contributed by atoms with Crippen LogP contribution in [0.15, 0.2) is 47.4 Å². The van der Waals surface area contributed by atoms with Crippen molar-refractivity contribution in [3.8, 4) is 0 Å². The summed E-state index contributed by atoms with van der Waals surface area (Å²) in [7, 11) is 5.53. The normalized spacial score (nSPS) is 10.2. The fourth-order valence-electron chi connectivity index (χ4n) is 1.99. The zero-order valence-electron chi connectivity index (χ0n) is 12.5. The summed E-state index contributed by atoms with van der Waals surface area (Å²) in [4.78, 5) is 26.0. The minimum Gasteiger partial charge on any atom is -0.378 e. The van der Waals surface area contributed by atoms with Gasteiger partial charge in [-0.1, -0.05) is 12.1 Å². The molecule has 0 aliphatic carbocycles.